The molecule has 1 saturated carbocycles. The van der Waals surface area contributed by atoms with Crippen molar-refractivity contribution in [1.29, 1.82) is 5.26 Å². The number of hydrogen-bond acceptors (Lipinski definition) is 8. The minimum atomic E-state index is -0.995. The predicted octanol–water partition coefficient (Wildman–Crippen LogP) is 5.72. The van der Waals surface area contributed by atoms with Crippen molar-refractivity contribution in [1.82, 2.24) is 15.1 Å². The molecule has 1 unspecified atom stereocenters. The minimum absolute atomic E-state index is 0.00852. The predicted molar refractivity (Wildman–Crippen MR) is 203 cm³/mol. The van der Waals surface area contributed by atoms with Crippen LogP contribution in [0.25, 0.3) is 0 Å². The van der Waals surface area contributed by atoms with Crippen molar-refractivity contribution in [3.05, 3.63) is 93.0 Å². The van der Waals surface area contributed by atoms with Crippen molar-refractivity contribution in [2.45, 2.75) is 78.1 Å². The molecular weight excluding hydrogens is 718 g/mol. The van der Waals surface area contributed by atoms with Gasteiger partial charge in [-0.1, -0.05) is 51.1 Å². The summed E-state index contributed by atoms with van der Waals surface area (Å²) in [5.74, 6) is 5.53. The lowest BCUT2D eigenvalue weighted by Crippen LogP contribution is -2.74. The molecule has 0 radical (unpaired) electrons. The Morgan fingerprint density at radius 3 is 2.24 bits per heavy atom. The number of hydrogen-bond donors (Lipinski definition) is 1. The van der Waals surface area contributed by atoms with E-state index in [2.05, 4.69) is 55.8 Å². The monoisotopic (exact) mass is 757 g/mol. The summed E-state index contributed by atoms with van der Waals surface area (Å²) in [6.45, 7) is 10.4. The summed E-state index contributed by atoms with van der Waals surface area (Å²) in [6, 6.07) is 17.1. The lowest BCUT2D eigenvalue weighted by Gasteiger charge is -2.65. The second-order valence-electron chi connectivity index (χ2n) is 16.3. The quantitative estimate of drug-likeness (QED) is 0.258. The van der Waals surface area contributed by atoms with Gasteiger partial charge in [-0.3, -0.25) is 34.2 Å². The Balaban J connectivity index is 0.896. The molecule has 3 fully saturated rings. The Morgan fingerprint density at radius 2 is 1.55 bits per heavy atom. The Morgan fingerprint density at radius 1 is 0.836 bits per heavy atom. The zero-order chi connectivity index (χ0) is 39.0. The molecule has 4 heterocycles. The third kappa shape index (κ3) is 6.02. The van der Waals surface area contributed by atoms with Gasteiger partial charge < -0.3 is 14.5 Å². The van der Waals surface area contributed by atoms with Crippen LogP contribution in [0.4, 0.5) is 5.69 Å². The number of halogens is 1. The van der Waals surface area contributed by atoms with Gasteiger partial charge in [-0.25, -0.2) is 0 Å². The molecule has 0 aromatic heterocycles. The van der Waals surface area contributed by atoms with Gasteiger partial charge in [-0.15, -0.1) is 0 Å². The second-order valence-corrected chi connectivity index (χ2v) is 16.7. The second kappa shape index (κ2) is 13.3. The SMILES string of the molecule is CC1(C)C(Oc2ccc(C#N)c(Cl)c2)C(C)(C)C1N1Cc2cc(C#CC3CCN(c4ccc5c(c4)C(=O)N(C4CCC(=O)NC4=O)C5=O)CC3)ccc2C1=O. The largest absolute Gasteiger partial charge is 0.489 e. The van der Waals surface area contributed by atoms with E-state index in [4.69, 9.17) is 16.3 Å². The minimum Gasteiger partial charge on any atom is -0.489 e. The Bertz CT molecular complexity index is 2290. The van der Waals surface area contributed by atoms with Crippen LogP contribution < -0.4 is 15.0 Å². The van der Waals surface area contributed by atoms with Gasteiger partial charge >= 0.3 is 0 Å². The first-order valence-electron chi connectivity index (χ1n) is 18.6. The molecule has 280 valence electrons. The summed E-state index contributed by atoms with van der Waals surface area (Å²) in [5.41, 5.74) is 3.57. The highest BCUT2D eigenvalue weighted by Gasteiger charge is 2.67. The van der Waals surface area contributed by atoms with E-state index in [0.29, 0.717) is 28.4 Å². The molecular formula is C43H40ClN5O6. The standard InChI is InChI=1S/C43H40ClN5O6/c1-42(2)40(43(3,4)41(42)55-29-10-8-26(22-45)33(44)21-29)48-23-27-19-25(7-11-30(27)37(48)52)6-5-24-15-17-47(18-16-24)28-9-12-31-32(20-28)39(54)49(38(31)53)34-13-14-35(50)46-36(34)51/h7-12,19-21,24,34,40-41H,13-18,23H2,1-4H3,(H,46,50,51). The number of nitrogens with one attached hydrogen (secondary N) is 1. The van der Waals surface area contributed by atoms with Crippen LogP contribution in [0.3, 0.4) is 0 Å². The van der Waals surface area contributed by atoms with Crippen molar-refractivity contribution in [2.75, 3.05) is 18.0 Å². The number of ether oxygens (including phenoxy) is 1. The third-order valence-electron chi connectivity index (χ3n) is 12.0. The van der Waals surface area contributed by atoms with Crippen molar-refractivity contribution < 1.29 is 28.7 Å². The third-order valence-corrected chi connectivity index (χ3v) is 12.3. The van der Waals surface area contributed by atoms with Crippen molar-refractivity contribution in [2.24, 2.45) is 16.7 Å². The number of carbonyl (C=O) groups is 5. The number of carbonyl (C=O) groups excluding carboxylic acids is 5. The van der Waals surface area contributed by atoms with Crippen molar-refractivity contribution in [3.63, 3.8) is 0 Å². The van der Waals surface area contributed by atoms with E-state index in [9.17, 15) is 29.2 Å². The first kappa shape index (κ1) is 36.3. The maximum absolute atomic E-state index is 13.8. The van der Waals surface area contributed by atoms with Gasteiger partial charge in [0.1, 0.15) is 24.0 Å². The van der Waals surface area contributed by atoms with Crippen LogP contribution >= 0.6 is 11.6 Å². The van der Waals surface area contributed by atoms with Crippen LogP contribution in [-0.4, -0.2) is 70.6 Å². The molecule has 3 aromatic rings. The highest BCUT2D eigenvalue weighted by atomic mass is 35.5. The van der Waals surface area contributed by atoms with Gasteiger partial charge in [0, 0.05) is 71.7 Å². The number of amides is 5. The number of benzene rings is 3. The Kier molecular flexibility index (Phi) is 8.77. The van der Waals surface area contributed by atoms with Crippen LogP contribution in [0.1, 0.15) is 101 Å². The fraction of sp³-hybridized carbons (Fsp3) is 0.395. The first-order valence-corrected chi connectivity index (χ1v) is 19.0. The number of nitrogens with zero attached hydrogens (tertiary/aromatic N) is 4. The number of anilines is 1. The van der Waals surface area contributed by atoms with E-state index < -0.39 is 29.7 Å². The highest BCUT2D eigenvalue weighted by Crippen LogP contribution is 2.59. The molecule has 1 atom stereocenters. The average molecular weight is 758 g/mol. The lowest BCUT2D eigenvalue weighted by atomic mass is 9.49. The van der Waals surface area contributed by atoms with Crippen LogP contribution in [0.2, 0.25) is 5.02 Å². The van der Waals surface area contributed by atoms with E-state index in [0.717, 1.165) is 47.6 Å². The molecule has 1 aliphatic carbocycles. The number of nitriles is 1. The van der Waals surface area contributed by atoms with E-state index in [-0.39, 0.29) is 58.8 Å². The molecule has 55 heavy (non-hydrogen) atoms. The maximum Gasteiger partial charge on any atom is 0.262 e. The lowest BCUT2D eigenvalue weighted by molar-refractivity contribution is -0.199. The highest BCUT2D eigenvalue weighted by molar-refractivity contribution is 6.31. The van der Waals surface area contributed by atoms with Gasteiger partial charge in [-0.2, -0.15) is 5.26 Å². The molecule has 5 aliphatic rings. The number of rotatable bonds is 5. The Labute approximate surface area is 324 Å². The van der Waals surface area contributed by atoms with Gasteiger partial charge in [-0.05, 0) is 73.4 Å². The molecule has 0 spiro atoms. The van der Waals surface area contributed by atoms with Crippen LogP contribution in [0.15, 0.2) is 54.6 Å². The maximum atomic E-state index is 13.8. The smallest absolute Gasteiger partial charge is 0.262 e. The zero-order valence-corrected chi connectivity index (χ0v) is 31.8. The van der Waals surface area contributed by atoms with Gasteiger partial charge in [0.25, 0.3) is 17.7 Å². The Hall–Kier alpha value is -5.65. The van der Waals surface area contributed by atoms with Gasteiger partial charge in [0.15, 0.2) is 0 Å². The van der Waals surface area contributed by atoms with Crippen LogP contribution in [-0.2, 0) is 16.1 Å². The number of piperidine rings is 2. The molecule has 11 nitrogen and oxygen atoms in total. The number of fused-ring (bicyclic) bond motifs is 2. The van der Waals surface area contributed by atoms with Crippen molar-refractivity contribution >= 4 is 46.8 Å². The summed E-state index contributed by atoms with van der Waals surface area (Å²) >= 11 is 6.28. The number of imide groups is 2. The zero-order valence-electron chi connectivity index (χ0n) is 31.1. The van der Waals surface area contributed by atoms with Gasteiger partial charge in [0.2, 0.25) is 11.8 Å². The fourth-order valence-electron chi connectivity index (χ4n) is 9.76. The molecule has 5 amide bonds. The molecule has 0 bridgehead atoms. The summed E-state index contributed by atoms with van der Waals surface area (Å²) in [6.07, 6.45) is 1.64. The normalized spacial score (nSPS) is 24.0. The molecule has 2 saturated heterocycles. The topological polar surface area (TPSA) is 140 Å². The van der Waals surface area contributed by atoms with E-state index in [1.54, 1.807) is 30.3 Å². The molecule has 3 aromatic carbocycles. The van der Waals surface area contributed by atoms with E-state index in [1.807, 2.05) is 29.2 Å². The average Bonchev–Trinajstić information content (AvgIpc) is 3.59. The van der Waals surface area contributed by atoms with Crippen molar-refractivity contribution in [3.8, 4) is 23.7 Å². The molecule has 8 rings (SSSR count). The summed E-state index contributed by atoms with van der Waals surface area (Å²) in [4.78, 5) is 69.4. The van der Waals surface area contributed by atoms with Gasteiger partial charge in [0.05, 0.1) is 21.7 Å². The first-order chi connectivity index (χ1) is 26.2. The van der Waals surface area contributed by atoms with Crippen LogP contribution in [0.5, 0.6) is 5.75 Å². The summed E-state index contributed by atoms with van der Waals surface area (Å²) < 4.78 is 6.46. The molecule has 4 aliphatic heterocycles. The molecule has 1 N–H and O–H groups in total. The molecule has 12 heteroatoms. The van der Waals surface area contributed by atoms with Crippen LogP contribution in [0, 0.1) is 39.9 Å². The summed E-state index contributed by atoms with van der Waals surface area (Å²) in [5, 5.41) is 11.8. The van der Waals surface area contributed by atoms with E-state index in [1.165, 1.54) is 0 Å². The summed E-state index contributed by atoms with van der Waals surface area (Å²) in [7, 11) is 0. The van der Waals surface area contributed by atoms with E-state index >= 15 is 0 Å². The fourth-order valence-corrected chi connectivity index (χ4v) is 9.98.